The van der Waals surface area contributed by atoms with Gasteiger partial charge in [0.1, 0.15) is 0 Å². The molecule has 0 bridgehead atoms. The van der Waals surface area contributed by atoms with E-state index in [2.05, 4.69) is 11.5 Å². The lowest BCUT2D eigenvalue weighted by Gasteiger charge is -2.21. The molecule has 0 aliphatic heterocycles. The summed E-state index contributed by atoms with van der Waals surface area (Å²) in [4.78, 5) is 2.16. The quantitative estimate of drug-likeness (QED) is 0.592. The summed E-state index contributed by atoms with van der Waals surface area (Å²) < 4.78 is 5.16. The van der Waals surface area contributed by atoms with Crippen molar-refractivity contribution in [2.24, 2.45) is 5.73 Å². The largest absolute Gasteiger partial charge is 0.379 e. The van der Waals surface area contributed by atoms with E-state index in [1.165, 1.54) is 0 Å². The molecule has 0 radical (unpaired) electrons. The first kappa shape index (κ1) is 11.6. The third-order valence-electron chi connectivity index (χ3n) is 1.65. The van der Waals surface area contributed by atoms with Crippen LogP contribution in [-0.4, -0.2) is 44.8 Å². The fourth-order valence-corrected chi connectivity index (χ4v) is 1.12. The number of ether oxygens (including phenoxy) is 1. The molecule has 0 aromatic rings. The maximum absolute atomic E-state index is 5.49. The number of nitrogens with zero attached hydrogens (tertiary/aromatic N) is 1. The maximum Gasteiger partial charge on any atom is 0.0820 e. The zero-order valence-corrected chi connectivity index (χ0v) is 8.34. The second-order valence-corrected chi connectivity index (χ2v) is 3.25. The smallest absolute Gasteiger partial charge is 0.0820 e. The minimum Gasteiger partial charge on any atom is -0.379 e. The van der Waals surface area contributed by atoms with Crippen LogP contribution in [0.15, 0.2) is 12.2 Å². The molecule has 72 valence electrons. The third-order valence-corrected chi connectivity index (χ3v) is 1.65. The average molecular weight is 172 g/mol. The number of hydrogen-bond donors (Lipinski definition) is 1. The first-order valence-electron chi connectivity index (χ1n) is 4.16. The first-order chi connectivity index (χ1) is 5.60. The van der Waals surface area contributed by atoms with Crippen molar-refractivity contribution in [1.82, 2.24) is 4.90 Å². The summed E-state index contributed by atoms with van der Waals surface area (Å²) in [6.45, 7) is 8.19. The van der Waals surface area contributed by atoms with Gasteiger partial charge in [0, 0.05) is 26.7 Å². The zero-order chi connectivity index (χ0) is 9.56. The molecule has 3 heteroatoms. The molecule has 0 aliphatic carbocycles. The molecule has 2 N–H and O–H groups in total. The summed E-state index contributed by atoms with van der Waals surface area (Å²) in [5.74, 6) is 0. The Labute approximate surface area is 75.2 Å². The van der Waals surface area contributed by atoms with Crippen LogP contribution in [0.2, 0.25) is 0 Å². The van der Waals surface area contributed by atoms with Gasteiger partial charge >= 0.3 is 0 Å². The van der Waals surface area contributed by atoms with E-state index in [0.29, 0.717) is 6.54 Å². The predicted octanol–water partition coefficient (Wildman–Crippen LogP) is 0.468. The van der Waals surface area contributed by atoms with Crippen LogP contribution in [0.1, 0.15) is 6.92 Å². The number of likely N-dealkylation sites (N-methyl/N-ethyl adjacent to an activating group) is 1. The average Bonchev–Trinajstić information content (AvgIpc) is 1.98. The Balaban J connectivity index is 3.65. The Kier molecular flexibility index (Phi) is 5.98. The highest BCUT2D eigenvalue weighted by Gasteiger charge is 2.07. The fourth-order valence-electron chi connectivity index (χ4n) is 1.12. The van der Waals surface area contributed by atoms with Crippen LogP contribution >= 0.6 is 0 Å². The van der Waals surface area contributed by atoms with Gasteiger partial charge in [-0.25, -0.2) is 0 Å². The molecule has 0 aromatic heterocycles. The molecule has 1 unspecified atom stereocenters. The molecule has 1 atom stereocenters. The molecule has 12 heavy (non-hydrogen) atoms. The Morgan fingerprint density at radius 1 is 1.67 bits per heavy atom. The van der Waals surface area contributed by atoms with Crippen LogP contribution in [0.5, 0.6) is 0 Å². The number of nitrogens with two attached hydrogens (primary N) is 1. The Bertz CT molecular complexity index is 132. The van der Waals surface area contributed by atoms with Gasteiger partial charge in [-0.3, -0.25) is 4.90 Å². The second kappa shape index (κ2) is 6.17. The van der Waals surface area contributed by atoms with Gasteiger partial charge in [-0.15, -0.1) is 0 Å². The minimum absolute atomic E-state index is 0.134. The zero-order valence-electron chi connectivity index (χ0n) is 8.34. The summed E-state index contributed by atoms with van der Waals surface area (Å²) in [6, 6.07) is 0. The molecule has 0 saturated carbocycles. The molecule has 0 amide bonds. The van der Waals surface area contributed by atoms with Gasteiger partial charge in [0.2, 0.25) is 0 Å². The highest BCUT2D eigenvalue weighted by molar-refractivity contribution is 4.91. The first-order valence-corrected chi connectivity index (χ1v) is 4.16. The highest BCUT2D eigenvalue weighted by Crippen LogP contribution is 1.96. The summed E-state index contributed by atoms with van der Waals surface area (Å²) >= 11 is 0. The Morgan fingerprint density at radius 2 is 2.25 bits per heavy atom. The topological polar surface area (TPSA) is 38.5 Å². The highest BCUT2D eigenvalue weighted by atomic mass is 16.5. The number of methoxy groups -OCH3 is 1. The van der Waals surface area contributed by atoms with Crippen LogP contribution in [0.25, 0.3) is 0 Å². The summed E-state index contributed by atoms with van der Waals surface area (Å²) in [5.41, 5.74) is 6.65. The Morgan fingerprint density at radius 3 is 2.58 bits per heavy atom. The van der Waals surface area contributed by atoms with Gasteiger partial charge in [0.25, 0.3) is 0 Å². The standard InChI is InChI=1S/C9H20N2O/c1-8(2)6-11(3)7-9(5-10)12-4/h9H,1,5-7,10H2,2-4H3. The Hall–Kier alpha value is -0.380. The van der Waals surface area contributed by atoms with Crippen molar-refractivity contribution in [3.8, 4) is 0 Å². The van der Waals surface area contributed by atoms with Crippen LogP contribution in [0.3, 0.4) is 0 Å². The van der Waals surface area contributed by atoms with Crippen molar-refractivity contribution in [3.63, 3.8) is 0 Å². The van der Waals surface area contributed by atoms with E-state index >= 15 is 0 Å². The van der Waals surface area contributed by atoms with Gasteiger partial charge in [0.05, 0.1) is 6.10 Å². The van der Waals surface area contributed by atoms with Gasteiger partial charge in [-0.1, -0.05) is 12.2 Å². The van der Waals surface area contributed by atoms with Crippen LogP contribution in [0.4, 0.5) is 0 Å². The number of rotatable bonds is 6. The van der Waals surface area contributed by atoms with Crippen molar-refractivity contribution in [2.45, 2.75) is 13.0 Å². The molecule has 0 heterocycles. The summed E-state index contributed by atoms with van der Waals surface area (Å²) in [5, 5.41) is 0. The molecular weight excluding hydrogens is 152 g/mol. The molecule has 0 spiro atoms. The minimum atomic E-state index is 0.134. The monoisotopic (exact) mass is 172 g/mol. The normalized spacial score (nSPS) is 13.4. The van der Waals surface area contributed by atoms with Gasteiger partial charge < -0.3 is 10.5 Å². The summed E-state index contributed by atoms with van der Waals surface area (Å²) in [7, 11) is 3.72. The lowest BCUT2D eigenvalue weighted by Crippen LogP contribution is -2.36. The second-order valence-electron chi connectivity index (χ2n) is 3.25. The van der Waals surface area contributed by atoms with E-state index in [1.807, 2.05) is 14.0 Å². The molecule has 0 fully saturated rings. The van der Waals surface area contributed by atoms with Crippen molar-refractivity contribution >= 4 is 0 Å². The molecule has 3 nitrogen and oxygen atoms in total. The lowest BCUT2D eigenvalue weighted by molar-refractivity contribution is 0.0807. The van der Waals surface area contributed by atoms with Crippen LogP contribution in [-0.2, 0) is 4.74 Å². The predicted molar refractivity (Wildman–Crippen MR) is 52.2 cm³/mol. The van der Waals surface area contributed by atoms with Gasteiger partial charge in [0.15, 0.2) is 0 Å². The molecule has 0 aliphatic rings. The van der Waals surface area contributed by atoms with Gasteiger partial charge in [-0.2, -0.15) is 0 Å². The van der Waals surface area contributed by atoms with E-state index in [1.54, 1.807) is 7.11 Å². The van der Waals surface area contributed by atoms with E-state index in [0.717, 1.165) is 18.7 Å². The van der Waals surface area contributed by atoms with Crippen molar-refractivity contribution in [1.29, 1.82) is 0 Å². The van der Waals surface area contributed by atoms with E-state index in [4.69, 9.17) is 10.5 Å². The van der Waals surface area contributed by atoms with Crippen LogP contribution in [0, 0.1) is 0 Å². The maximum atomic E-state index is 5.49. The summed E-state index contributed by atoms with van der Waals surface area (Å²) in [6.07, 6.45) is 0.134. The van der Waals surface area contributed by atoms with E-state index in [-0.39, 0.29) is 6.10 Å². The van der Waals surface area contributed by atoms with Crippen molar-refractivity contribution in [3.05, 3.63) is 12.2 Å². The molecule has 0 saturated heterocycles. The SMILES string of the molecule is C=C(C)CN(C)CC(CN)OC. The van der Waals surface area contributed by atoms with Crippen molar-refractivity contribution < 1.29 is 4.74 Å². The molecule has 0 rings (SSSR count). The third kappa shape index (κ3) is 5.29. The van der Waals surface area contributed by atoms with Crippen molar-refractivity contribution in [2.75, 3.05) is 33.8 Å². The van der Waals surface area contributed by atoms with E-state index in [9.17, 15) is 0 Å². The lowest BCUT2D eigenvalue weighted by atomic mass is 10.3. The molecule has 0 aromatic carbocycles. The fraction of sp³-hybridized carbons (Fsp3) is 0.778. The van der Waals surface area contributed by atoms with E-state index < -0.39 is 0 Å². The van der Waals surface area contributed by atoms with Crippen LogP contribution < -0.4 is 5.73 Å². The van der Waals surface area contributed by atoms with Gasteiger partial charge in [-0.05, 0) is 14.0 Å². The molecular formula is C9H20N2O. The number of hydrogen-bond acceptors (Lipinski definition) is 3.